The molecule has 0 aliphatic heterocycles. The van der Waals surface area contributed by atoms with E-state index in [1.54, 1.807) is 6.92 Å². The fourth-order valence-corrected chi connectivity index (χ4v) is 5.64. The van der Waals surface area contributed by atoms with Gasteiger partial charge in [-0.3, -0.25) is 13.9 Å². The summed E-state index contributed by atoms with van der Waals surface area (Å²) in [5.41, 5.74) is 0.863. The van der Waals surface area contributed by atoms with Crippen LogP contribution in [0.25, 0.3) is 0 Å². The van der Waals surface area contributed by atoms with E-state index in [9.17, 15) is 22.4 Å². The second-order valence-electron chi connectivity index (χ2n) is 9.86. The molecule has 8 nitrogen and oxygen atoms in total. The van der Waals surface area contributed by atoms with Crippen LogP contribution in [0.15, 0.2) is 82.2 Å². The molecule has 0 bridgehead atoms. The molecule has 1 atom stereocenters. The highest BCUT2D eigenvalue weighted by atomic mass is 79.9. The van der Waals surface area contributed by atoms with Gasteiger partial charge in [0.15, 0.2) is 0 Å². The summed E-state index contributed by atoms with van der Waals surface area (Å²) in [4.78, 5) is 28.2. The second-order valence-corrected chi connectivity index (χ2v) is 12.6. The second kappa shape index (κ2) is 14.5. The van der Waals surface area contributed by atoms with Crippen molar-refractivity contribution in [2.24, 2.45) is 5.92 Å². The van der Waals surface area contributed by atoms with Crippen LogP contribution in [0.3, 0.4) is 0 Å². The quantitative estimate of drug-likeness (QED) is 0.269. The minimum Gasteiger partial charge on any atom is -0.494 e. The molecule has 3 aromatic carbocycles. The highest BCUT2D eigenvalue weighted by molar-refractivity contribution is 9.10. The lowest BCUT2D eigenvalue weighted by molar-refractivity contribution is -0.139. The van der Waals surface area contributed by atoms with Crippen LogP contribution in [-0.4, -0.2) is 50.9 Å². The first-order valence-corrected chi connectivity index (χ1v) is 15.5. The fourth-order valence-electron chi connectivity index (χ4n) is 3.96. The van der Waals surface area contributed by atoms with Crippen molar-refractivity contribution >= 4 is 43.5 Å². The maximum Gasteiger partial charge on any atom is 0.264 e. The average Bonchev–Trinajstić information content (AvgIpc) is 2.94. The van der Waals surface area contributed by atoms with Gasteiger partial charge in [0.2, 0.25) is 11.8 Å². The number of anilines is 1. The fraction of sp³-hybridized carbons (Fsp3) is 0.333. The van der Waals surface area contributed by atoms with Crippen LogP contribution in [0.5, 0.6) is 5.75 Å². The Hall–Kier alpha value is -3.44. The first-order chi connectivity index (χ1) is 19.4. The van der Waals surface area contributed by atoms with Crippen molar-refractivity contribution in [2.75, 3.05) is 24.0 Å². The van der Waals surface area contributed by atoms with Crippen molar-refractivity contribution in [3.63, 3.8) is 0 Å². The van der Waals surface area contributed by atoms with Crippen molar-refractivity contribution in [2.45, 2.75) is 45.2 Å². The summed E-state index contributed by atoms with van der Waals surface area (Å²) >= 11 is 3.39. The molecular weight excluding hydrogens is 613 g/mol. The number of benzene rings is 3. The number of amides is 2. The predicted octanol–water partition coefficient (Wildman–Crippen LogP) is 5.37. The smallest absolute Gasteiger partial charge is 0.264 e. The topological polar surface area (TPSA) is 96.0 Å². The zero-order valence-electron chi connectivity index (χ0n) is 23.5. The van der Waals surface area contributed by atoms with E-state index in [2.05, 4.69) is 21.2 Å². The molecule has 41 heavy (non-hydrogen) atoms. The number of carbonyl (C=O) groups excluding carboxylic acids is 2. The van der Waals surface area contributed by atoms with Crippen molar-refractivity contribution in [3.8, 4) is 5.75 Å². The Morgan fingerprint density at radius 2 is 1.56 bits per heavy atom. The molecule has 0 aliphatic carbocycles. The van der Waals surface area contributed by atoms with E-state index >= 15 is 0 Å². The van der Waals surface area contributed by atoms with Gasteiger partial charge in [0.1, 0.15) is 24.2 Å². The van der Waals surface area contributed by atoms with Gasteiger partial charge in [0.05, 0.1) is 17.2 Å². The van der Waals surface area contributed by atoms with Crippen molar-refractivity contribution < 1.29 is 27.1 Å². The van der Waals surface area contributed by atoms with E-state index in [0.29, 0.717) is 18.9 Å². The van der Waals surface area contributed by atoms with Crippen LogP contribution in [0.1, 0.15) is 33.3 Å². The molecule has 0 saturated carbocycles. The molecule has 3 rings (SSSR count). The van der Waals surface area contributed by atoms with Crippen LogP contribution < -0.4 is 14.4 Å². The Labute approximate surface area is 249 Å². The SMILES string of the molecule is CCOc1ccc(S(=O)(=O)N(CC(=O)N(Cc2ccc(Br)cc2)[C@H](C)C(=O)NCC(C)C)c2ccc(F)cc2)cc1. The number of nitrogens with zero attached hydrogens (tertiary/aromatic N) is 2. The number of rotatable bonds is 13. The highest BCUT2D eigenvalue weighted by Gasteiger charge is 2.32. The molecule has 0 heterocycles. The molecule has 0 fully saturated rings. The summed E-state index contributed by atoms with van der Waals surface area (Å²) in [6, 6.07) is 17.1. The van der Waals surface area contributed by atoms with Gasteiger partial charge >= 0.3 is 0 Å². The first-order valence-electron chi connectivity index (χ1n) is 13.2. The largest absolute Gasteiger partial charge is 0.494 e. The molecule has 3 aromatic rings. The van der Waals surface area contributed by atoms with Gasteiger partial charge in [-0.05, 0) is 86.0 Å². The molecular formula is C30H35BrFN3O5S. The predicted molar refractivity (Wildman–Crippen MR) is 161 cm³/mol. The van der Waals surface area contributed by atoms with Crippen LogP contribution in [0, 0.1) is 11.7 Å². The van der Waals surface area contributed by atoms with Crippen LogP contribution in [-0.2, 0) is 26.2 Å². The zero-order valence-corrected chi connectivity index (χ0v) is 25.9. The summed E-state index contributed by atoms with van der Waals surface area (Å²) in [7, 11) is -4.27. The van der Waals surface area contributed by atoms with E-state index in [1.165, 1.54) is 41.3 Å². The Morgan fingerprint density at radius 1 is 0.951 bits per heavy atom. The van der Waals surface area contributed by atoms with Gasteiger partial charge in [-0.15, -0.1) is 0 Å². The summed E-state index contributed by atoms with van der Waals surface area (Å²) in [6.45, 7) is 7.65. The molecule has 11 heteroatoms. The van der Waals surface area contributed by atoms with Gasteiger partial charge in [-0.25, -0.2) is 12.8 Å². The van der Waals surface area contributed by atoms with Gasteiger partial charge in [-0.2, -0.15) is 0 Å². The summed E-state index contributed by atoms with van der Waals surface area (Å²) in [5.74, 6) is -0.801. The summed E-state index contributed by atoms with van der Waals surface area (Å²) in [5, 5.41) is 2.85. The normalized spacial score (nSPS) is 12.1. The lowest BCUT2D eigenvalue weighted by atomic mass is 10.1. The Bertz CT molecular complexity index is 1420. The van der Waals surface area contributed by atoms with Gasteiger partial charge in [-0.1, -0.05) is 41.9 Å². The Kier molecular flexibility index (Phi) is 11.3. The molecule has 220 valence electrons. The lowest BCUT2D eigenvalue weighted by Gasteiger charge is -2.32. The minimum atomic E-state index is -4.27. The molecule has 0 aromatic heterocycles. The average molecular weight is 649 g/mol. The number of carbonyl (C=O) groups is 2. The van der Waals surface area contributed by atoms with Gasteiger partial charge in [0.25, 0.3) is 10.0 Å². The first kappa shape index (κ1) is 32.1. The highest BCUT2D eigenvalue weighted by Crippen LogP contribution is 2.26. The third kappa shape index (κ3) is 8.77. The van der Waals surface area contributed by atoms with Crippen molar-refractivity contribution in [3.05, 3.63) is 88.6 Å². The molecule has 2 amide bonds. The zero-order chi connectivity index (χ0) is 30.2. The third-order valence-electron chi connectivity index (χ3n) is 6.23. The van der Waals surface area contributed by atoms with Crippen LogP contribution in [0.2, 0.25) is 0 Å². The molecule has 0 saturated heterocycles. The maximum absolute atomic E-state index is 13.9. The standard InChI is InChI=1S/C30H35BrFN3O5S/c1-5-40-27-14-16-28(17-15-27)41(38,39)35(26-12-10-25(32)11-13-26)20-29(36)34(19-23-6-8-24(31)9-7-23)22(4)30(37)33-18-21(2)3/h6-17,21-22H,5,18-20H2,1-4H3,(H,33,37)/t22-/m1/s1. The number of halogens is 2. The van der Waals surface area contributed by atoms with E-state index in [0.717, 1.165) is 26.5 Å². The third-order valence-corrected chi connectivity index (χ3v) is 8.55. The van der Waals surface area contributed by atoms with E-state index in [-0.39, 0.29) is 29.0 Å². The van der Waals surface area contributed by atoms with Crippen molar-refractivity contribution in [1.82, 2.24) is 10.2 Å². The van der Waals surface area contributed by atoms with E-state index < -0.39 is 34.3 Å². The van der Waals surface area contributed by atoms with Gasteiger partial charge in [0, 0.05) is 17.6 Å². The number of nitrogens with one attached hydrogen (secondary N) is 1. The number of ether oxygens (including phenoxy) is 1. The molecule has 0 unspecified atom stereocenters. The minimum absolute atomic E-state index is 0.0692. The monoisotopic (exact) mass is 647 g/mol. The Balaban J connectivity index is 1.99. The maximum atomic E-state index is 13.9. The van der Waals surface area contributed by atoms with Gasteiger partial charge < -0.3 is 15.0 Å². The van der Waals surface area contributed by atoms with Crippen LogP contribution in [0.4, 0.5) is 10.1 Å². The number of hydrogen-bond donors (Lipinski definition) is 1. The summed E-state index contributed by atoms with van der Waals surface area (Å²) in [6.07, 6.45) is 0. The van der Waals surface area contributed by atoms with Crippen LogP contribution >= 0.6 is 15.9 Å². The number of sulfonamides is 1. The number of hydrogen-bond acceptors (Lipinski definition) is 5. The molecule has 1 N–H and O–H groups in total. The molecule has 0 spiro atoms. The lowest BCUT2D eigenvalue weighted by Crippen LogP contribution is -2.51. The molecule has 0 aliphatic rings. The van der Waals surface area contributed by atoms with E-state index in [4.69, 9.17) is 4.74 Å². The molecule has 0 radical (unpaired) electrons. The van der Waals surface area contributed by atoms with E-state index in [1.807, 2.05) is 45.0 Å². The van der Waals surface area contributed by atoms with Crippen molar-refractivity contribution in [1.29, 1.82) is 0 Å². The Morgan fingerprint density at radius 3 is 2.12 bits per heavy atom. The summed E-state index contributed by atoms with van der Waals surface area (Å²) < 4.78 is 48.7.